The van der Waals surface area contributed by atoms with Gasteiger partial charge in [0.15, 0.2) is 0 Å². The van der Waals surface area contributed by atoms with Crippen LogP contribution < -0.4 is 5.32 Å². The van der Waals surface area contributed by atoms with E-state index in [0.717, 1.165) is 36.8 Å². The fourth-order valence-electron chi connectivity index (χ4n) is 3.88. The van der Waals surface area contributed by atoms with E-state index in [9.17, 15) is 14.7 Å². The number of carboxylic acid groups (broad SMARTS) is 1. The van der Waals surface area contributed by atoms with Crippen molar-refractivity contribution in [1.29, 1.82) is 0 Å². The molecule has 1 aliphatic carbocycles. The van der Waals surface area contributed by atoms with E-state index in [1.54, 1.807) is 0 Å². The van der Waals surface area contributed by atoms with E-state index < -0.39 is 17.4 Å². The summed E-state index contributed by atoms with van der Waals surface area (Å²) in [5, 5.41) is 12.4. The maximum Gasteiger partial charge on any atom is 0.326 e. The van der Waals surface area contributed by atoms with Gasteiger partial charge in [0.2, 0.25) is 5.91 Å². The van der Waals surface area contributed by atoms with E-state index in [4.69, 9.17) is 0 Å². The van der Waals surface area contributed by atoms with Crippen LogP contribution in [0.15, 0.2) is 60.7 Å². The van der Waals surface area contributed by atoms with E-state index in [1.807, 2.05) is 60.7 Å². The van der Waals surface area contributed by atoms with Gasteiger partial charge in [0.05, 0.1) is 5.41 Å². The zero-order valence-electron chi connectivity index (χ0n) is 14.9. The van der Waals surface area contributed by atoms with Crippen molar-refractivity contribution in [3.05, 3.63) is 71.8 Å². The van der Waals surface area contributed by atoms with Crippen molar-refractivity contribution >= 4 is 11.9 Å². The standard InChI is InChI=1S/C22H25NO3/c24-20(25)19(15-17-9-3-1-4-10-17)23-21(26)22(13-7-8-14-22)16-18-11-5-2-6-12-18/h1-6,9-12,19H,7-8,13-16H2,(H,23,26)(H,24,25)/t19-/m0/s1. The molecular weight excluding hydrogens is 326 g/mol. The number of amides is 1. The molecule has 136 valence electrons. The number of carbonyl (C=O) groups excluding carboxylic acids is 1. The summed E-state index contributed by atoms with van der Waals surface area (Å²) >= 11 is 0. The van der Waals surface area contributed by atoms with Gasteiger partial charge in [-0.25, -0.2) is 4.79 Å². The average Bonchev–Trinajstić information content (AvgIpc) is 3.12. The number of hydrogen-bond donors (Lipinski definition) is 2. The van der Waals surface area contributed by atoms with Crippen molar-refractivity contribution in [3.63, 3.8) is 0 Å². The largest absolute Gasteiger partial charge is 0.480 e. The molecule has 0 radical (unpaired) electrons. The first-order chi connectivity index (χ1) is 12.6. The lowest BCUT2D eigenvalue weighted by Gasteiger charge is -2.29. The molecule has 26 heavy (non-hydrogen) atoms. The molecule has 1 aliphatic rings. The van der Waals surface area contributed by atoms with Crippen molar-refractivity contribution in [2.75, 3.05) is 0 Å². The van der Waals surface area contributed by atoms with Crippen LogP contribution in [0.2, 0.25) is 0 Å². The highest BCUT2D eigenvalue weighted by Crippen LogP contribution is 2.41. The van der Waals surface area contributed by atoms with Crippen LogP contribution in [0.1, 0.15) is 36.8 Å². The summed E-state index contributed by atoms with van der Waals surface area (Å²) in [5.74, 6) is -1.11. The van der Waals surface area contributed by atoms with Crippen LogP contribution >= 0.6 is 0 Å². The van der Waals surface area contributed by atoms with E-state index in [0.29, 0.717) is 12.8 Å². The molecule has 2 aromatic carbocycles. The Kier molecular flexibility index (Phi) is 5.71. The highest BCUT2D eigenvalue weighted by molar-refractivity contribution is 5.88. The zero-order valence-corrected chi connectivity index (χ0v) is 14.9. The van der Waals surface area contributed by atoms with Crippen LogP contribution in [0.5, 0.6) is 0 Å². The average molecular weight is 351 g/mol. The Morgan fingerprint density at radius 3 is 2.00 bits per heavy atom. The minimum Gasteiger partial charge on any atom is -0.480 e. The number of carbonyl (C=O) groups is 2. The SMILES string of the molecule is O=C(O)[C@H](Cc1ccccc1)NC(=O)C1(Cc2ccccc2)CCCC1. The Hall–Kier alpha value is -2.62. The lowest BCUT2D eigenvalue weighted by atomic mass is 9.79. The summed E-state index contributed by atoms with van der Waals surface area (Å²) in [5.41, 5.74) is 1.54. The van der Waals surface area contributed by atoms with Crippen molar-refractivity contribution in [2.45, 2.75) is 44.6 Å². The van der Waals surface area contributed by atoms with Gasteiger partial charge < -0.3 is 10.4 Å². The third-order valence-electron chi connectivity index (χ3n) is 5.31. The first-order valence-corrected chi connectivity index (χ1v) is 9.21. The van der Waals surface area contributed by atoms with Gasteiger partial charge in [-0.3, -0.25) is 4.79 Å². The van der Waals surface area contributed by atoms with E-state index in [-0.39, 0.29) is 5.91 Å². The van der Waals surface area contributed by atoms with Crippen molar-refractivity contribution < 1.29 is 14.7 Å². The molecule has 2 aromatic rings. The molecule has 0 aromatic heterocycles. The van der Waals surface area contributed by atoms with Gasteiger partial charge in [-0.05, 0) is 30.4 Å². The number of benzene rings is 2. The number of rotatable bonds is 7. The van der Waals surface area contributed by atoms with Crippen LogP contribution in [0.3, 0.4) is 0 Å². The second kappa shape index (κ2) is 8.17. The van der Waals surface area contributed by atoms with Gasteiger partial charge in [0.25, 0.3) is 0 Å². The molecule has 4 heteroatoms. The first-order valence-electron chi connectivity index (χ1n) is 9.21. The molecule has 1 amide bonds. The fourth-order valence-corrected chi connectivity index (χ4v) is 3.88. The predicted molar refractivity (Wildman–Crippen MR) is 101 cm³/mol. The Morgan fingerprint density at radius 1 is 0.923 bits per heavy atom. The maximum absolute atomic E-state index is 13.1. The molecule has 0 heterocycles. The molecule has 1 atom stereocenters. The van der Waals surface area contributed by atoms with Gasteiger partial charge in [0.1, 0.15) is 6.04 Å². The molecule has 2 N–H and O–H groups in total. The molecule has 0 aliphatic heterocycles. The summed E-state index contributed by atoms with van der Waals surface area (Å²) in [6, 6.07) is 18.5. The van der Waals surface area contributed by atoms with Gasteiger partial charge >= 0.3 is 5.97 Å². The maximum atomic E-state index is 13.1. The third kappa shape index (κ3) is 4.31. The molecule has 4 nitrogen and oxygen atoms in total. The molecule has 3 rings (SSSR count). The molecule has 0 bridgehead atoms. The second-order valence-electron chi connectivity index (χ2n) is 7.20. The molecule has 1 fully saturated rings. The van der Waals surface area contributed by atoms with Gasteiger partial charge in [0, 0.05) is 6.42 Å². The summed E-state index contributed by atoms with van der Waals surface area (Å²) < 4.78 is 0. The van der Waals surface area contributed by atoms with Crippen LogP contribution in [0.4, 0.5) is 0 Å². The summed E-state index contributed by atoms with van der Waals surface area (Å²) in [6.07, 6.45) is 4.60. The molecular formula is C22H25NO3. The van der Waals surface area contributed by atoms with Crippen molar-refractivity contribution in [2.24, 2.45) is 5.41 Å². The van der Waals surface area contributed by atoms with E-state index >= 15 is 0 Å². The van der Waals surface area contributed by atoms with Crippen molar-refractivity contribution in [3.8, 4) is 0 Å². The topological polar surface area (TPSA) is 66.4 Å². The van der Waals surface area contributed by atoms with Gasteiger partial charge in [-0.15, -0.1) is 0 Å². The molecule has 0 spiro atoms. The van der Waals surface area contributed by atoms with Crippen LogP contribution in [0.25, 0.3) is 0 Å². The fraction of sp³-hybridized carbons (Fsp3) is 0.364. The number of nitrogens with one attached hydrogen (secondary N) is 1. The Bertz CT molecular complexity index is 736. The van der Waals surface area contributed by atoms with E-state index in [1.165, 1.54) is 0 Å². The Labute approximate surface area is 154 Å². The number of aliphatic carboxylic acids is 1. The predicted octanol–water partition coefficient (Wildman–Crippen LogP) is 3.60. The minimum absolute atomic E-state index is 0.123. The lowest BCUT2D eigenvalue weighted by molar-refractivity contribution is -0.143. The normalized spacial score (nSPS) is 16.8. The lowest BCUT2D eigenvalue weighted by Crippen LogP contribution is -2.49. The Balaban J connectivity index is 1.74. The minimum atomic E-state index is -0.991. The van der Waals surface area contributed by atoms with Crippen LogP contribution in [0, 0.1) is 5.41 Å². The van der Waals surface area contributed by atoms with Crippen LogP contribution in [-0.2, 0) is 22.4 Å². The molecule has 0 unspecified atom stereocenters. The van der Waals surface area contributed by atoms with Gasteiger partial charge in [-0.1, -0.05) is 73.5 Å². The second-order valence-corrected chi connectivity index (χ2v) is 7.20. The highest BCUT2D eigenvalue weighted by Gasteiger charge is 2.42. The number of carboxylic acids is 1. The molecule has 0 saturated heterocycles. The van der Waals surface area contributed by atoms with Gasteiger partial charge in [-0.2, -0.15) is 0 Å². The molecule has 1 saturated carbocycles. The van der Waals surface area contributed by atoms with Crippen LogP contribution in [-0.4, -0.2) is 23.0 Å². The smallest absolute Gasteiger partial charge is 0.326 e. The summed E-state index contributed by atoms with van der Waals surface area (Å²) in [6.45, 7) is 0. The first kappa shape index (κ1) is 18.2. The highest BCUT2D eigenvalue weighted by atomic mass is 16.4. The summed E-state index contributed by atoms with van der Waals surface area (Å²) in [7, 11) is 0. The number of hydrogen-bond acceptors (Lipinski definition) is 2. The summed E-state index contributed by atoms with van der Waals surface area (Å²) in [4.78, 5) is 24.8. The van der Waals surface area contributed by atoms with E-state index in [2.05, 4.69) is 5.32 Å². The quantitative estimate of drug-likeness (QED) is 0.801. The Morgan fingerprint density at radius 2 is 1.46 bits per heavy atom. The third-order valence-corrected chi connectivity index (χ3v) is 5.31. The van der Waals surface area contributed by atoms with Crippen molar-refractivity contribution in [1.82, 2.24) is 5.32 Å². The zero-order chi connectivity index (χ0) is 18.4. The monoisotopic (exact) mass is 351 g/mol.